The zero-order valence-corrected chi connectivity index (χ0v) is 21.6. The molecule has 0 saturated carbocycles. The first kappa shape index (κ1) is 26.7. The van der Waals surface area contributed by atoms with E-state index >= 15 is 0 Å². The number of hydrogen-bond acceptors (Lipinski definition) is 7. The van der Waals surface area contributed by atoms with Crippen LogP contribution in [-0.2, 0) is 17.6 Å². The Hall–Kier alpha value is -4.33. The molecule has 4 rings (SSSR count). The van der Waals surface area contributed by atoms with E-state index in [4.69, 9.17) is 22.1 Å². The number of nitrogens with two attached hydrogens (primary N) is 1. The van der Waals surface area contributed by atoms with Crippen LogP contribution in [0, 0.1) is 17.1 Å². The number of aromatic nitrogens is 2. The van der Waals surface area contributed by atoms with Crippen molar-refractivity contribution >= 4 is 34.6 Å². The molecule has 3 aromatic heterocycles. The predicted molar refractivity (Wildman–Crippen MR) is 141 cm³/mol. The highest BCUT2D eigenvalue weighted by atomic mass is 35.5. The lowest BCUT2D eigenvalue weighted by Crippen LogP contribution is -2.32. The number of ether oxygens (including phenoxy) is 1. The molecule has 0 saturated heterocycles. The molecular formula is C27H20ClFN4O4S. The smallest absolute Gasteiger partial charge is 0.261 e. The van der Waals surface area contributed by atoms with Gasteiger partial charge >= 0.3 is 0 Å². The Balaban J connectivity index is 1.80. The molecular weight excluding hydrogens is 531 g/mol. The number of halogens is 2. The topological polar surface area (TPSA) is 128 Å². The van der Waals surface area contributed by atoms with Gasteiger partial charge in [-0.1, -0.05) is 17.7 Å². The molecule has 0 aliphatic heterocycles. The average molecular weight is 551 g/mol. The third kappa shape index (κ3) is 5.64. The molecule has 192 valence electrons. The number of primary amides is 1. The number of ketones is 1. The van der Waals surface area contributed by atoms with Crippen LogP contribution in [0.5, 0.6) is 5.75 Å². The van der Waals surface area contributed by atoms with Crippen LogP contribution in [0.25, 0.3) is 11.1 Å². The SMILES string of the molecule is COc1cn(C(Cc2cccnc2)C(=O)Cc2cc(F)c(C(N)=O)s2)c(=O)cc1-c1cc(Cl)ccc1C#N. The maximum absolute atomic E-state index is 14.1. The fraction of sp³-hybridized carbons (Fsp3) is 0.148. The fourth-order valence-electron chi connectivity index (χ4n) is 4.05. The van der Waals surface area contributed by atoms with E-state index in [1.807, 2.05) is 0 Å². The lowest BCUT2D eigenvalue weighted by molar-refractivity contribution is -0.121. The minimum atomic E-state index is -1.01. The fourth-order valence-corrected chi connectivity index (χ4v) is 5.12. The number of nitriles is 1. The Labute approximate surface area is 225 Å². The number of hydrogen-bond donors (Lipinski definition) is 1. The van der Waals surface area contributed by atoms with Crippen molar-refractivity contribution in [3.63, 3.8) is 0 Å². The molecule has 0 aliphatic carbocycles. The number of pyridine rings is 2. The largest absolute Gasteiger partial charge is 0.495 e. The molecule has 2 N–H and O–H groups in total. The minimum absolute atomic E-state index is 0.117. The molecule has 38 heavy (non-hydrogen) atoms. The molecule has 0 bridgehead atoms. The van der Waals surface area contributed by atoms with Crippen LogP contribution in [0.2, 0.25) is 5.02 Å². The van der Waals surface area contributed by atoms with Gasteiger partial charge in [-0.25, -0.2) is 4.39 Å². The summed E-state index contributed by atoms with van der Waals surface area (Å²) in [5.41, 5.74) is 6.41. The summed E-state index contributed by atoms with van der Waals surface area (Å²) in [4.78, 5) is 42.5. The van der Waals surface area contributed by atoms with Crippen LogP contribution in [0.4, 0.5) is 4.39 Å². The maximum atomic E-state index is 14.1. The van der Waals surface area contributed by atoms with Gasteiger partial charge < -0.3 is 15.0 Å². The summed E-state index contributed by atoms with van der Waals surface area (Å²) in [6.07, 6.45) is 4.46. The van der Waals surface area contributed by atoms with Crippen molar-refractivity contribution in [2.75, 3.05) is 7.11 Å². The first-order valence-corrected chi connectivity index (χ1v) is 12.4. The normalized spacial score (nSPS) is 11.5. The Kier molecular flexibility index (Phi) is 8.00. The van der Waals surface area contributed by atoms with Crippen molar-refractivity contribution in [2.24, 2.45) is 5.73 Å². The third-order valence-electron chi connectivity index (χ3n) is 5.83. The molecule has 0 radical (unpaired) electrons. The third-order valence-corrected chi connectivity index (χ3v) is 7.19. The number of amides is 1. The number of benzene rings is 1. The van der Waals surface area contributed by atoms with E-state index in [-0.39, 0.29) is 29.0 Å². The number of thiophene rings is 1. The average Bonchev–Trinajstić information content (AvgIpc) is 3.27. The number of Topliss-reactive ketones (excluding diaryl/α,β-unsaturated/α-hetero) is 1. The molecule has 1 amide bonds. The Morgan fingerprint density at radius 2 is 2.05 bits per heavy atom. The minimum Gasteiger partial charge on any atom is -0.495 e. The van der Waals surface area contributed by atoms with Crippen LogP contribution >= 0.6 is 22.9 Å². The van der Waals surface area contributed by atoms with E-state index in [2.05, 4.69) is 11.1 Å². The molecule has 1 unspecified atom stereocenters. The van der Waals surface area contributed by atoms with Crippen LogP contribution < -0.4 is 16.0 Å². The highest BCUT2D eigenvalue weighted by Crippen LogP contribution is 2.34. The van der Waals surface area contributed by atoms with Crippen molar-refractivity contribution in [1.82, 2.24) is 9.55 Å². The van der Waals surface area contributed by atoms with Gasteiger partial charge in [-0.15, -0.1) is 11.3 Å². The summed E-state index contributed by atoms with van der Waals surface area (Å²) in [5, 5.41) is 9.93. The van der Waals surface area contributed by atoms with Crippen LogP contribution in [-0.4, -0.2) is 28.4 Å². The first-order valence-electron chi connectivity index (χ1n) is 11.2. The monoisotopic (exact) mass is 550 g/mol. The summed E-state index contributed by atoms with van der Waals surface area (Å²) in [5.74, 6) is -1.88. The van der Waals surface area contributed by atoms with Gasteiger partial charge in [-0.2, -0.15) is 5.26 Å². The number of carbonyl (C=O) groups excluding carboxylic acids is 2. The van der Waals surface area contributed by atoms with Crippen LogP contribution in [0.15, 0.2) is 65.8 Å². The van der Waals surface area contributed by atoms with Crippen molar-refractivity contribution in [3.8, 4) is 22.9 Å². The van der Waals surface area contributed by atoms with E-state index in [1.54, 1.807) is 36.7 Å². The van der Waals surface area contributed by atoms with E-state index in [1.165, 1.54) is 30.0 Å². The van der Waals surface area contributed by atoms with Gasteiger partial charge in [-0.05, 0) is 35.9 Å². The van der Waals surface area contributed by atoms with E-state index in [0.717, 1.165) is 17.4 Å². The molecule has 4 aromatic rings. The van der Waals surface area contributed by atoms with Gasteiger partial charge in [0.05, 0.1) is 31.0 Å². The first-order chi connectivity index (χ1) is 18.2. The molecule has 0 aliphatic rings. The zero-order valence-electron chi connectivity index (χ0n) is 20.0. The quantitative estimate of drug-likeness (QED) is 0.330. The van der Waals surface area contributed by atoms with Crippen molar-refractivity contribution in [1.29, 1.82) is 5.26 Å². The number of carbonyl (C=O) groups is 2. The Morgan fingerprint density at radius 3 is 2.68 bits per heavy atom. The Bertz CT molecular complexity index is 1630. The van der Waals surface area contributed by atoms with Gasteiger partial charge in [0.25, 0.3) is 11.5 Å². The lowest BCUT2D eigenvalue weighted by atomic mass is 9.98. The zero-order chi connectivity index (χ0) is 27.4. The molecule has 1 aromatic carbocycles. The van der Waals surface area contributed by atoms with Crippen molar-refractivity contribution in [2.45, 2.75) is 18.9 Å². The molecule has 0 spiro atoms. The van der Waals surface area contributed by atoms with Crippen LogP contribution in [0.1, 0.15) is 31.7 Å². The second-order valence-electron chi connectivity index (χ2n) is 8.28. The standard InChI is InChI=1S/C27H20ClFN4O4S/c1-37-24-14-33(25(35)11-20(24)19-8-17(28)5-4-16(19)12-30)22(7-15-3-2-6-32-13-15)23(34)10-18-9-21(29)26(38-18)27(31)36/h2-6,8-9,11,13-14,22H,7,10H2,1H3,(H2,31,36). The molecule has 11 heteroatoms. The van der Waals surface area contributed by atoms with Crippen LogP contribution in [0.3, 0.4) is 0 Å². The molecule has 1 atom stereocenters. The summed E-state index contributed by atoms with van der Waals surface area (Å²) >= 11 is 6.94. The number of methoxy groups -OCH3 is 1. The molecule has 0 fully saturated rings. The molecule has 8 nitrogen and oxygen atoms in total. The summed E-state index contributed by atoms with van der Waals surface area (Å²) in [7, 11) is 1.40. The van der Waals surface area contributed by atoms with E-state index in [0.29, 0.717) is 26.6 Å². The van der Waals surface area contributed by atoms with Gasteiger partial charge in [0, 0.05) is 52.3 Å². The lowest BCUT2D eigenvalue weighted by Gasteiger charge is -2.21. The van der Waals surface area contributed by atoms with Crippen molar-refractivity contribution < 1.29 is 18.7 Å². The van der Waals surface area contributed by atoms with E-state index < -0.39 is 29.1 Å². The summed E-state index contributed by atoms with van der Waals surface area (Å²) in [6, 6.07) is 11.6. The van der Waals surface area contributed by atoms with Crippen molar-refractivity contribution in [3.05, 3.63) is 103 Å². The predicted octanol–water partition coefficient (Wildman–Crippen LogP) is 4.34. The Morgan fingerprint density at radius 1 is 1.26 bits per heavy atom. The number of rotatable bonds is 9. The van der Waals surface area contributed by atoms with E-state index in [9.17, 15) is 24.0 Å². The van der Waals surface area contributed by atoms with Gasteiger partial charge in [0.2, 0.25) is 0 Å². The van der Waals surface area contributed by atoms with Gasteiger partial charge in [0.1, 0.15) is 16.4 Å². The summed E-state index contributed by atoms with van der Waals surface area (Å²) < 4.78 is 20.9. The van der Waals surface area contributed by atoms with Gasteiger partial charge in [0.15, 0.2) is 5.78 Å². The maximum Gasteiger partial charge on any atom is 0.261 e. The van der Waals surface area contributed by atoms with Gasteiger partial charge in [-0.3, -0.25) is 19.4 Å². The number of nitrogens with zero attached hydrogens (tertiary/aromatic N) is 3. The second-order valence-corrected chi connectivity index (χ2v) is 9.85. The highest BCUT2D eigenvalue weighted by Gasteiger charge is 2.26. The second kappa shape index (κ2) is 11.4. The highest BCUT2D eigenvalue weighted by molar-refractivity contribution is 7.14. The molecule has 3 heterocycles. The summed E-state index contributed by atoms with van der Waals surface area (Å²) in [6.45, 7) is 0.